The average Bonchev–Trinajstić information content (AvgIpc) is 2.93. The van der Waals surface area contributed by atoms with E-state index < -0.39 is 60.0 Å². The van der Waals surface area contributed by atoms with Crippen molar-refractivity contribution < 1.29 is 50.0 Å². The maximum absolute atomic E-state index is 13.5. The maximum Gasteiger partial charge on any atom is 0.197 e. The second kappa shape index (κ2) is 10.5. The highest BCUT2D eigenvalue weighted by Crippen LogP contribution is 2.49. The fourth-order valence-electron chi connectivity index (χ4n) is 5.12. The number of hydrogen-bond donors (Lipinski definition) is 8. The van der Waals surface area contributed by atoms with Gasteiger partial charge in [-0.15, -0.1) is 0 Å². The van der Waals surface area contributed by atoms with E-state index in [-0.39, 0.29) is 39.4 Å². The number of phenolic OH excluding ortho intramolecular Hbond substituents is 4. The Balaban J connectivity index is 1.82. The smallest absolute Gasteiger partial charge is 0.197 e. The van der Waals surface area contributed by atoms with Crippen LogP contribution in [0, 0.1) is 0 Å². The van der Waals surface area contributed by atoms with E-state index in [1.165, 1.54) is 36.4 Å². The largest absolute Gasteiger partial charge is 0.508 e. The minimum atomic E-state index is -1.84. The molecule has 6 atom stereocenters. The highest BCUT2D eigenvalue weighted by Gasteiger charge is 2.46. The van der Waals surface area contributed by atoms with Gasteiger partial charge >= 0.3 is 0 Å². The molecule has 1 saturated heterocycles. The first-order valence-electron chi connectivity index (χ1n) is 12.5. The molecule has 0 bridgehead atoms. The molecule has 3 aromatic carbocycles. The minimum absolute atomic E-state index is 0.00136. The van der Waals surface area contributed by atoms with Gasteiger partial charge in [-0.2, -0.15) is 0 Å². The van der Waals surface area contributed by atoms with Crippen LogP contribution in [0.4, 0.5) is 0 Å². The predicted molar refractivity (Wildman–Crippen MR) is 141 cm³/mol. The van der Waals surface area contributed by atoms with Crippen molar-refractivity contribution in [2.45, 2.75) is 43.4 Å². The summed E-state index contributed by atoms with van der Waals surface area (Å²) in [5.41, 5.74) is -0.536. The van der Waals surface area contributed by atoms with Gasteiger partial charge in [-0.1, -0.05) is 19.1 Å². The van der Waals surface area contributed by atoms with Crippen LogP contribution in [0.1, 0.15) is 35.6 Å². The summed E-state index contributed by atoms with van der Waals surface area (Å²) in [7, 11) is 0. The standard InChI is InChI=1S/C29H28O11/c1-12(13-2-6-15(31)7-3-13)20-24(35)21-17(33)10-18(14-4-8-16(32)9-5-14)39-28(21)22(25(20)36)29-27(38)26(37)23(34)19(11-30)40-29/h2-10,12,19,23,26-27,29-32,34-38H,11H2,1H3/t12-,19-,23-,26+,27-,29+/m1/s1. The molecule has 1 aliphatic heterocycles. The van der Waals surface area contributed by atoms with Gasteiger partial charge in [0.25, 0.3) is 0 Å². The van der Waals surface area contributed by atoms with Gasteiger partial charge in [0, 0.05) is 23.1 Å². The molecule has 0 unspecified atom stereocenters. The van der Waals surface area contributed by atoms with Crippen LogP contribution in [0.3, 0.4) is 0 Å². The highest BCUT2D eigenvalue weighted by atomic mass is 16.5. The van der Waals surface area contributed by atoms with E-state index in [4.69, 9.17) is 9.15 Å². The summed E-state index contributed by atoms with van der Waals surface area (Å²) in [6.07, 6.45) is -8.27. The molecular weight excluding hydrogens is 524 g/mol. The first kappa shape index (κ1) is 27.4. The zero-order chi connectivity index (χ0) is 28.9. The first-order valence-corrected chi connectivity index (χ1v) is 12.5. The SMILES string of the molecule is C[C@H](c1ccc(O)cc1)c1c(O)c([C@@H]2O[C@H](CO)[C@@H](O)[C@H](O)[C@H]2O)c2oc(-c3ccc(O)cc3)cc(=O)c2c1O. The van der Waals surface area contributed by atoms with Crippen LogP contribution in [0.15, 0.2) is 63.8 Å². The van der Waals surface area contributed by atoms with Gasteiger partial charge in [-0.05, 0) is 42.0 Å². The summed E-state index contributed by atoms with van der Waals surface area (Å²) in [5.74, 6) is -2.00. The molecule has 11 heteroatoms. The normalized spacial score (nSPS) is 23.8. The zero-order valence-electron chi connectivity index (χ0n) is 21.2. The monoisotopic (exact) mass is 552 g/mol. The molecule has 40 heavy (non-hydrogen) atoms. The predicted octanol–water partition coefficient (Wildman–Crippen LogP) is 1.95. The number of phenols is 4. The Kier molecular flexibility index (Phi) is 7.17. The van der Waals surface area contributed by atoms with E-state index in [1.807, 2.05) is 0 Å². The van der Waals surface area contributed by atoms with Crippen LogP contribution < -0.4 is 5.43 Å². The molecule has 0 spiro atoms. The molecule has 8 N–H and O–H groups in total. The fourth-order valence-corrected chi connectivity index (χ4v) is 5.12. The molecular formula is C29H28O11. The van der Waals surface area contributed by atoms with E-state index in [9.17, 15) is 45.6 Å². The number of rotatable bonds is 5. The molecule has 0 radical (unpaired) electrons. The number of ether oxygens (including phenoxy) is 1. The van der Waals surface area contributed by atoms with Gasteiger partial charge < -0.3 is 50.0 Å². The molecule has 1 aliphatic rings. The Morgan fingerprint density at radius 3 is 2.02 bits per heavy atom. The molecule has 0 aliphatic carbocycles. The summed E-state index contributed by atoms with van der Waals surface area (Å²) >= 11 is 0. The Morgan fingerprint density at radius 1 is 0.825 bits per heavy atom. The Bertz CT molecular complexity index is 1590. The zero-order valence-corrected chi connectivity index (χ0v) is 21.2. The van der Waals surface area contributed by atoms with Crippen molar-refractivity contribution in [3.05, 3.63) is 81.5 Å². The van der Waals surface area contributed by atoms with Crippen molar-refractivity contribution in [2.75, 3.05) is 6.61 Å². The summed E-state index contributed by atoms with van der Waals surface area (Å²) in [6.45, 7) is 0.897. The van der Waals surface area contributed by atoms with E-state index >= 15 is 0 Å². The van der Waals surface area contributed by atoms with Gasteiger partial charge in [0.05, 0.1) is 12.2 Å². The lowest BCUT2D eigenvalue weighted by molar-refractivity contribution is -0.231. The molecule has 0 amide bonds. The van der Waals surface area contributed by atoms with E-state index in [1.54, 1.807) is 19.1 Å². The van der Waals surface area contributed by atoms with Crippen molar-refractivity contribution >= 4 is 11.0 Å². The van der Waals surface area contributed by atoms with Crippen molar-refractivity contribution in [1.82, 2.24) is 0 Å². The third kappa shape index (κ3) is 4.53. The van der Waals surface area contributed by atoms with E-state index in [2.05, 4.69) is 0 Å². The summed E-state index contributed by atoms with van der Waals surface area (Å²) < 4.78 is 11.7. The van der Waals surface area contributed by atoms with E-state index in [0.717, 1.165) is 6.07 Å². The van der Waals surface area contributed by atoms with Gasteiger partial charge in [0.1, 0.15) is 64.7 Å². The number of aliphatic hydroxyl groups is 4. The van der Waals surface area contributed by atoms with Crippen LogP contribution in [-0.2, 0) is 4.74 Å². The molecule has 11 nitrogen and oxygen atoms in total. The van der Waals surface area contributed by atoms with Crippen molar-refractivity contribution in [3.8, 4) is 34.3 Å². The third-order valence-corrected chi connectivity index (χ3v) is 7.35. The first-order chi connectivity index (χ1) is 19.0. The lowest BCUT2D eigenvalue weighted by Crippen LogP contribution is -2.55. The van der Waals surface area contributed by atoms with Crippen LogP contribution in [0.5, 0.6) is 23.0 Å². The van der Waals surface area contributed by atoms with Gasteiger partial charge in [0.2, 0.25) is 0 Å². The molecule has 0 saturated carbocycles. The number of aliphatic hydroxyl groups excluding tert-OH is 4. The second-order valence-corrected chi connectivity index (χ2v) is 9.81. The highest BCUT2D eigenvalue weighted by molar-refractivity contribution is 5.92. The molecule has 4 aromatic rings. The van der Waals surface area contributed by atoms with Crippen molar-refractivity contribution in [2.24, 2.45) is 0 Å². The van der Waals surface area contributed by atoms with Crippen molar-refractivity contribution in [3.63, 3.8) is 0 Å². The molecule has 5 rings (SSSR count). The van der Waals surface area contributed by atoms with Crippen molar-refractivity contribution in [1.29, 1.82) is 0 Å². The Hall–Kier alpha value is -4.13. The summed E-state index contributed by atoms with van der Waals surface area (Å²) in [5, 5.41) is 83.4. The molecule has 1 aromatic heterocycles. The van der Waals surface area contributed by atoms with Crippen LogP contribution in [-0.4, -0.2) is 71.9 Å². The topological polar surface area (TPSA) is 201 Å². The minimum Gasteiger partial charge on any atom is -0.508 e. The average molecular weight is 553 g/mol. The van der Waals surface area contributed by atoms with E-state index in [0.29, 0.717) is 11.1 Å². The quantitative estimate of drug-likeness (QED) is 0.180. The second-order valence-electron chi connectivity index (χ2n) is 9.81. The van der Waals surface area contributed by atoms with Gasteiger partial charge in [-0.25, -0.2) is 0 Å². The Morgan fingerprint density at radius 2 is 1.43 bits per heavy atom. The molecule has 1 fully saturated rings. The molecule has 2 heterocycles. The third-order valence-electron chi connectivity index (χ3n) is 7.35. The number of benzene rings is 3. The van der Waals surface area contributed by atoms with Gasteiger partial charge in [0.15, 0.2) is 11.0 Å². The fraction of sp³-hybridized carbons (Fsp3) is 0.276. The lowest BCUT2D eigenvalue weighted by atomic mass is 9.84. The number of hydrogen-bond acceptors (Lipinski definition) is 11. The van der Waals surface area contributed by atoms with Crippen LogP contribution >= 0.6 is 0 Å². The maximum atomic E-state index is 13.5. The number of aromatic hydroxyl groups is 4. The van der Waals surface area contributed by atoms with Gasteiger partial charge in [-0.3, -0.25) is 4.79 Å². The van der Waals surface area contributed by atoms with Crippen LogP contribution in [0.25, 0.3) is 22.3 Å². The molecule has 210 valence electrons. The number of fused-ring (bicyclic) bond motifs is 1. The van der Waals surface area contributed by atoms with Crippen LogP contribution in [0.2, 0.25) is 0 Å². The Labute approximate surface area is 227 Å². The summed E-state index contributed by atoms with van der Waals surface area (Å²) in [4.78, 5) is 13.5. The lowest BCUT2D eigenvalue weighted by Gasteiger charge is -2.40. The summed E-state index contributed by atoms with van der Waals surface area (Å²) in [6, 6.07) is 12.8.